The van der Waals surface area contributed by atoms with Crippen LogP contribution in [0.3, 0.4) is 0 Å². The molecule has 0 radical (unpaired) electrons. The van der Waals surface area contributed by atoms with E-state index in [9.17, 15) is 4.79 Å². The maximum absolute atomic E-state index is 10.4. The van der Waals surface area contributed by atoms with Gasteiger partial charge in [0.1, 0.15) is 11.9 Å². The fraction of sp³-hybridized carbons (Fsp3) is 0.417. The highest BCUT2D eigenvalue weighted by Crippen LogP contribution is 2.25. The van der Waals surface area contributed by atoms with E-state index in [1.54, 1.807) is 13.0 Å². The lowest BCUT2D eigenvalue weighted by Crippen LogP contribution is -2.16. The van der Waals surface area contributed by atoms with Crippen LogP contribution in [0.25, 0.3) is 0 Å². The smallest absolute Gasteiger partial charge is 0.307 e. The first-order valence-electron chi connectivity index (χ1n) is 5.22. The molecule has 1 rings (SSSR count). The lowest BCUT2D eigenvalue weighted by Gasteiger charge is -2.13. The summed E-state index contributed by atoms with van der Waals surface area (Å²) >= 11 is 3.32. The van der Waals surface area contributed by atoms with Gasteiger partial charge in [-0.05, 0) is 35.0 Å². The van der Waals surface area contributed by atoms with Gasteiger partial charge in [0.25, 0.3) is 0 Å². The first-order chi connectivity index (χ1) is 7.59. The zero-order valence-corrected chi connectivity index (χ0v) is 11.3. The molecule has 16 heavy (non-hydrogen) atoms. The van der Waals surface area contributed by atoms with Crippen molar-refractivity contribution >= 4 is 21.9 Å². The second kappa shape index (κ2) is 8.16. The van der Waals surface area contributed by atoms with Crippen LogP contribution in [0.15, 0.2) is 28.7 Å². The van der Waals surface area contributed by atoms with Crippen molar-refractivity contribution in [3.05, 3.63) is 28.7 Å². The zero-order chi connectivity index (χ0) is 12.6. The molecule has 1 aromatic carbocycles. The Kier molecular flexibility index (Phi) is 7.64. The average Bonchev–Trinajstić information content (AvgIpc) is 2.23. The molecule has 0 saturated carbocycles. The maximum Gasteiger partial charge on any atom is 0.307 e. The number of hydrogen-bond donors (Lipinski definition) is 1. The van der Waals surface area contributed by atoms with Gasteiger partial charge in [0, 0.05) is 0 Å². The summed E-state index contributed by atoms with van der Waals surface area (Å²) in [5.41, 5.74) is 0. The molecule has 0 spiro atoms. The third-order valence-electron chi connectivity index (χ3n) is 1.63. The Morgan fingerprint density at radius 1 is 1.44 bits per heavy atom. The topological polar surface area (TPSA) is 46.5 Å². The van der Waals surface area contributed by atoms with E-state index in [2.05, 4.69) is 15.9 Å². The molecule has 0 fully saturated rings. The third kappa shape index (κ3) is 5.75. The highest BCUT2D eigenvalue weighted by Gasteiger charge is 2.10. The fourth-order valence-corrected chi connectivity index (χ4v) is 1.42. The second-order valence-corrected chi connectivity index (χ2v) is 3.81. The quantitative estimate of drug-likeness (QED) is 0.919. The van der Waals surface area contributed by atoms with Gasteiger partial charge >= 0.3 is 5.97 Å². The minimum atomic E-state index is -0.857. The first-order valence-corrected chi connectivity index (χ1v) is 6.02. The monoisotopic (exact) mass is 288 g/mol. The van der Waals surface area contributed by atoms with E-state index in [4.69, 9.17) is 9.84 Å². The standard InChI is InChI=1S/C10H11BrO3.C2H6/c1-7(6-10(12)13)14-9-5-3-2-4-8(9)11;1-2/h2-5,7H,6H2,1H3,(H,12,13);1-2H3. The number of rotatable bonds is 4. The number of carboxylic acid groups (broad SMARTS) is 1. The fourth-order valence-electron chi connectivity index (χ4n) is 1.04. The molecule has 0 heterocycles. The number of aliphatic carboxylic acids is 1. The SMILES string of the molecule is CC.CC(CC(=O)O)Oc1ccccc1Br. The molecule has 1 unspecified atom stereocenters. The summed E-state index contributed by atoms with van der Waals surface area (Å²) in [6.07, 6.45) is -0.326. The molecule has 0 amide bonds. The van der Waals surface area contributed by atoms with Gasteiger partial charge < -0.3 is 9.84 Å². The van der Waals surface area contributed by atoms with Crippen LogP contribution in [-0.4, -0.2) is 17.2 Å². The van der Waals surface area contributed by atoms with Gasteiger partial charge in [0.15, 0.2) is 0 Å². The number of carboxylic acids is 1. The van der Waals surface area contributed by atoms with Crippen molar-refractivity contribution in [3.63, 3.8) is 0 Å². The van der Waals surface area contributed by atoms with Crippen LogP contribution in [0, 0.1) is 0 Å². The minimum Gasteiger partial charge on any atom is -0.489 e. The lowest BCUT2D eigenvalue weighted by molar-refractivity contribution is -0.138. The van der Waals surface area contributed by atoms with E-state index in [-0.39, 0.29) is 12.5 Å². The van der Waals surface area contributed by atoms with Crippen LogP contribution < -0.4 is 4.74 Å². The highest BCUT2D eigenvalue weighted by atomic mass is 79.9. The highest BCUT2D eigenvalue weighted by molar-refractivity contribution is 9.10. The molecule has 4 heteroatoms. The Balaban J connectivity index is 0.00000106. The summed E-state index contributed by atoms with van der Waals surface area (Å²) in [5, 5.41) is 8.54. The zero-order valence-electron chi connectivity index (χ0n) is 9.74. The van der Waals surface area contributed by atoms with E-state index in [1.807, 2.05) is 32.0 Å². The molecule has 1 aromatic rings. The van der Waals surface area contributed by atoms with Gasteiger partial charge in [-0.3, -0.25) is 4.79 Å². The molecular formula is C12H17BrO3. The summed E-state index contributed by atoms with van der Waals surface area (Å²) in [5.74, 6) is -0.189. The Morgan fingerprint density at radius 3 is 2.50 bits per heavy atom. The van der Waals surface area contributed by atoms with Crippen molar-refractivity contribution in [1.29, 1.82) is 0 Å². The average molecular weight is 289 g/mol. The number of benzene rings is 1. The summed E-state index contributed by atoms with van der Waals surface area (Å²) in [7, 11) is 0. The van der Waals surface area contributed by atoms with E-state index in [0.717, 1.165) is 4.47 Å². The predicted molar refractivity (Wildman–Crippen MR) is 67.8 cm³/mol. The van der Waals surface area contributed by atoms with E-state index >= 15 is 0 Å². The first kappa shape index (κ1) is 15.0. The van der Waals surface area contributed by atoms with Crippen LogP contribution >= 0.6 is 15.9 Å². The summed E-state index contributed by atoms with van der Waals surface area (Å²) in [6, 6.07) is 7.36. The summed E-state index contributed by atoms with van der Waals surface area (Å²) in [6.45, 7) is 5.73. The van der Waals surface area contributed by atoms with E-state index < -0.39 is 5.97 Å². The predicted octanol–water partition coefficient (Wildman–Crippen LogP) is 3.72. The van der Waals surface area contributed by atoms with Crippen LogP contribution in [-0.2, 0) is 4.79 Å². The van der Waals surface area contributed by atoms with E-state index in [1.165, 1.54) is 0 Å². The molecule has 0 aliphatic rings. The molecule has 0 aliphatic carbocycles. The Bertz CT molecular complexity index is 326. The molecule has 0 aromatic heterocycles. The molecular weight excluding hydrogens is 272 g/mol. The van der Waals surface area contributed by atoms with Crippen molar-refractivity contribution in [2.75, 3.05) is 0 Å². The van der Waals surface area contributed by atoms with Gasteiger partial charge in [0.2, 0.25) is 0 Å². The van der Waals surface area contributed by atoms with Gasteiger partial charge in [-0.15, -0.1) is 0 Å². The Hall–Kier alpha value is -1.03. The lowest BCUT2D eigenvalue weighted by atomic mass is 10.3. The molecule has 3 nitrogen and oxygen atoms in total. The van der Waals surface area contributed by atoms with Crippen LogP contribution in [0.2, 0.25) is 0 Å². The molecule has 1 atom stereocenters. The maximum atomic E-state index is 10.4. The summed E-state index contributed by atoms with van der Waals surface area (Å²) in [4.78, 5) is 10.4. The number of halogens is 1. The van der Waals surface area contributed by atoms with Gasteiger partial charge in [-0.25, -0.2) is 0 Å². The van der Waals surface area contributed by atoms with Gasteiger partial charge in [-0.2, -0.15) is 0 Å². The van der Waals surface area contributed by atoms with Crippen LogP contribution in [0.1, 0.15) is 27.2 Å². The van der Waals surface area contributed by atoms with Gasteiger partial charge in [-0.1, -0.05) is 26.0 Å². The third-order valence-corrected chi connectivity index (χ3v) is 2.28. The molecule has 90 valence electrons. The second-order valence-electron chi connectivity index (χ2n) is 2.96. The Morgan fingerprint density at radius 2 is 2.00 bits per heavy atom. The number of carbonyl (C=O) groups is 1. The normalized spacial score (nSPS) is 11.0. The van der Waals surface area contributed by atoms with E-state index in [0.29, 0.717) is 5.75 Å². The van der Waals surface area contributed by atoms with Crippen molar-refractivity contribution in [2.45, 2.75) is 33.3 Å². The van der Waals surface area contributed by atoms with Crippen molar-refractivity contribution in [3.8, 4) is 5.75 Å². The van der Waals surface area contributed by atoms with Crippen LogP contribution in [0.5, 0.6) is 5.75 Å². The van der Waals surface area contributed by atoms with Crippen LogP contribution in [0.4, 0.5) is 0 Å². The minimum absolute atomic E-state index is 0.00132. The Labute approximate surface area is 105 Å². The van der Waals surface area contributed by atoms with Crippen molar-refractivity contribution < 1.29 is 14.6 Å². The van der Waals surface area contributed by atoms with Crippen molar-refractivity contribution in [2.24, 2.45) is 0 Å². The van der Waals surface area contributed by atoms with Crippen molar-refractivity contribution in [1.82, 2.24) is 0 Å². The molecule has 0 saturated heterocycles. The number of ether oxygens (including phenoxy) is 1. The number of hydrogen-bond acceptors (Lipinski definition) is 2. The molecule has 0 bridgehead atoms. The number of para-hydroxylation sites is 1. The van der Waals surface area contributed by atoms with Gasteiger partial charge in [0.05, 0.1) is 10.9 Å². The molecule has 0 aliphatic heterocycles. The largest absolute Gasteiger partial charge is 0.489 e. The summed E-state index contributed by atoms with van der Waals surface area (Å²) < 4.78 is 6.26. The molecule has 1 N–H and O–H groups in total.